The summed E-state index contributed by atoms with van der Waals surface area (Å²) in [5, 5.41) is 2.72. The quantitative estimate of drug-likeness (QED) is 0.549. The van der Waals surface area contributed by atoms with Crippen LogP contribution >= 0.6 is 27.3 Å². The molecule has 0 fully saturated rings. The third kappa shape index (κ3) is 3.86. The van der Waals surface area contributed by atoms with E-state index in [1.807, 2.05) is 19.1 Å². The first-order valence-electron chi connectivity index (χ1n) is 7.89. The lowest BCUT2D eigenvalue weighted by molar-refractivity contribution is 0.101. The van der Waals surface area contributed by atoms with Crippen LogP contribution in [0.2, 0.25) is 0 Å². The van der Waals surface area contributed by atoms with Crippen LogP contribution < -0.4 is 10.1 Å². The standard InChI is InChI=1S/C19H15BrF2N2O2S/c1-9-7-12(20)11(8-15(9)26-3)17-10(2)23-19(27-17)24-18(25)16-13(21)5-4-6-14(16)22/h4-8H,1-3H3,(H,23,24,25). The first kappa shape index (κ1) is 19.4. The number of carbonyl (C=O) groups excluding carboxylic acids is 1. The summed E-state index contributed by atoms with van der Waals surface area (Å²) in [6.07, 6.45) is 0. The number of carbonyl (C=O) groups is 1. The maximum absolute atomic E-state index is 13.8. The number of halogens is 3. The van der Waals surface area contributed by atoms with E-state index in [0.29, 0.717) is 5.69 Å². The fourth-order valence-electron chi connectivity index (χ4n) is 2.62. The Morgan fingerprint density at radius 3 is 2.52 bits per heavy atom. The lowest BCUT2D eigenvalue weighted by Gasteiger charge is -2.09. The van der Waals surface area contributed by atoms with Gasteiger partial charge in [-0.1, -0.05) is 33.3 Å². The zero-order chi connectivity index (χ0) is 19.7. The van der Waals surface area contributed by atoms with Crippen LogP contribution in [0.15, 0.2) is 34.8 Å². The van der Waals surface area contributed by atoms with E-state index in [4.69, 9.17) is 4.74 Å². The van der Waals surface area contributed by atoms with Crippen LogP contribution in [0.3, 0.4) is 0 Å². The predicted octanol–water partition coefficient (Wildman–Crippen LogP) is 5.73. The topological polar surface area (TPSA) is 51.2 Å². The minimum atomic E-state index is -0.924. The number of aryl methyl sites for hydroxylation is 2. The molecule has 4 nitrogen and oxygen atoms in total. The van der Waals surface area contributed by atoms with Crippen LogP contribution in [0, 0.1) is 25.5 Å². The Morgan fingerprint density at radius 1 is 1.22 bits per heavy atom. The highest BCUT2D eigenvalue weighted by Gasteiger charge is 2.20. The highest BCUT2D eigenvalue weighted by Crippen LogP contribution is 2.40. The van der Waals surface area contributed by atoms with Gasteiger partial charge < -0.3 is 4.74 Å². The van der Waals surface area contributed by atoms with Gasteiger partial charge in [-0.25, -0.2) is 13.8 Å². The van der Waals surface area contributed by atoms with Crippen LogP contribution in [0.1, 0.15) is 21.6 Å². The van der Waals surface area contributed by atoms with Gasteiger partial charge in [-0.3, -0.25) is 10.1 Å². The van der Waals surface area contributed by atoms with Crippen LogP contribution in [0.5, 0.6) is 5.75 Å². The first-order valence-corrected chi connectivity index (χ1v) is 9.50. The normalized spacial score (nSPS) is 10.7. The van der Waals surface area contributed by atoms with Crippen molar-refractivity contribution in [2.75, 3.05) is 12.4 Å². The molecule has 1 aromatic heterocycles. The first-order chi connectivity index (χ1) is 12.8. The number of hydrogen-bond donors (Lipinski definition) is 1. The SMILES string of the molecule is COc1cc(-c2sc(NC(=O)c3c(F)cccc3F)nc2C)c(Br)cc1C. The summed E-state index contributed by atoms with van der Waals surface area (Å²) in [7, 11) is 1.59. The van der Waals surface area contributed by atoms with Crippen molar-refractivity contribution < 1.29 is 18.3 Å². The number of benzene rings is 2. The monoisotopic (exact) mass is 452 g/mol. The van der Waals surface area contributed by atoms with E-state index >= 15 is 0 Å². The summed E-state index contributed by atoms with van der Waals surface area (Å²) in [6.45, 7) is 3.73. The molecule has 0 saturated heterocycles. The highest BCUT2D eigenvalue weighted by molar-refractivity contribution is 9.10. The van der Waals surface area contributed by atoms with E-state index in [9.17, 15) is 13.6 Å². The fraction of sp³-hybridized carbons (Fsp3) is 0.158. The summed E-state index contributed by atoms with van der Waals surface area (Å²) in [5.74, 6) is -2.01. The fourth-order valence-corrected chi connectivity index (χ4v) is 4.40. The second-order valence-corrected chi connectivity index (χ2v) is 7.64. The van der Waals surface area contributed by atoms with E-state index in [1.165, 1.54) is 17.4 Å². The van der Waals surface area contributed by atoms with Crippen molar-refractivity contribution in [2.45, 2.75) is 13.8 Å². The van der Waals surface area contributed by atoms with Crippen molar-refractivity contribution in [2.24, 2.45) is 0 Å². The molecule has 0 aliphatic rings. The molecule has 0 radical (unpaired) electrons. The Labute approximate surface area is 167 Å². The Bertz CT molecular complexity index is 1020. The molecule has 2 aromatic carbocycles. The number of nitrogens with zero attached hydrogens (tertiary/aromatic N) is 1. The van der Waals surface area contributed by atoms with Gasteiger partial charge in [-0.15, -0.1) is 0 Å². The summed E-state index contributed by atoms with van der Waals surface area (Å²) < 4.78 is 33.8. The molecule has 1 amide bonds. The molecule has 1 N–H and O–H groups in total. The van der Waals surface area contributed by atoms with Gasteiger partial charge in [0, 0.05) is 10.0 Å². The minimum Gasteiger partial charge on any atom is -0.496 e. The zero-order valence-corrected chi connectivity index (χ0v) is 17.1. The van der Waals surface area contributed by atoms with Crippen molar-refractivity contribution in [3.8, 4) is 16.2 Å². The van der Waals surface area contributed by atoms with Crippen molar-refractivity contribution in [1.82, 2.24) is 4.98 Å². The second-order valence-electron chi connectivity index (χ2n) is 5.79. The molecule has 0 bridgehead atoms. The minimum absolute atomic E-state index is 0.251. The molecule has 0 atom stereocenters. The van der Waals surface area contributed by atoms with E-state index < -0.39 is 23.1 Å². The van der Waals surface area contributed by atoms with Gasteiger partial charge in [0.15, 0.2) is 5.13 Å². The number of nitrogens with one attached hydrogen (secondary N) is 1. The molecule has 0 spiro atoms. The van der Waals surface area contributed by atoms with Crippen LogP contribution in [0.4, 0.5) is 13.9 Å². The molecule has 8 heteroatoms. The summed E-state index contributed by atoms with van der Waals surface area (Å²) in [4.78, 5) is 17.4. The number of ether oxygens (including phenoxy) is 1. The second kappa shape index (κ2) is 7.74. The van der Waals surface area contributed by atoms with Crippen molar-refractivity contribution in [1.29, 1.82) is 0 Å². The van der Waals surface area contributed by atoms with E-state index in [-0.39, 0.29) is 5.13 Å². The third-order valence-corrected chi connectivity index (χ3v) is 5.70. The number of thiazole rings is 1. The van der Waals surface area contributed by atoms with E-state index in [0.717, 1.165) is 38.4 Å². The molecule has 140 valence electrons. The summed E-state index contributed by atoms with van der Waals surface area (Å²) >= 11 is 4.75. The number of rotatable bonds is 4. The number of anilines is 1. The lowest BCUT2D eigenvalue weighted by Crippen LogP contribution is -2.15. The Kier molecular flexibility index (Phi) is 5.57. The smallest absolute Gasteiger partial charge is 0.263 e. The molecular formula is C19H15BrF2N2O2S. The summed E-state index contributed by atoms with van der Waals surface area (Å²) in [6, 6.07) is 7.08. The molecule has 3 rings (SSSR count). The van der Waals surface area contributed by atoms with E-state index in [2.05, 4.69) is 26.2 Å². The average Bonchev–Trinajstić information content (AvgIpc) is 2.95. The number of methoxy groups -OCH3 is 1. The van der Waals surface area contributed by atoms with Gasteiger partial charge in [0.05, 0.1) is 17.7 Å². The third-order valence-electron chi connectivity index (χ3n) is 3.94. The number of hydrogen-bond acceptors (Lipinski definition) is 4. The van der Waals surface area contributed by atoms with Crippen molar-refractivity contribution in [3.05, 3.63) is 63.3 Å². The molecule has 3 aromatic rings. The Morgan fingerprint density at radius 2 is 1.89 bits per heavy atom. The zero-order valence-electron chi connectivity index (χ0n) is 14.7. The van der Waals surface area contributed by atoms with Gasteiger partial charge in [0.1, 0.15) is 22.9 Å². The van der Waals surface area contributed by atoms with Crippen LogP contribution in [0.25, 0.3) is 10.4 Å². The average molecular weight is 453 g/mol. The molecule has 0 unspecified atom stereocenters. The highest BCUT2D eigenvalue weighted by atomic mass is 79.9. The number of aromatic nitrogens is 1. The van der Waals surface area contributed by atoms with Gasteiger partial charge in [-0.05, 0) is 43.7 Å². The van der Waals surface area contributed by atoms with Gasteiger partial charge >= 0.3 is 0 Å². The predicted molar refractivity (Wildman–Crippen MR) is 106 cm³/mol. The molecular weight excluding hydrogens is 438 g/mol. The number of amides is 1. The maximum atomic E-state index is 13.8. The molecule has 0 aliphatic carbocycles. The van der Waals surface area contributed by atoms with Gasteiger partial charge in [0.2, 0.25) is 0 Å². The van der Waals surface area contributed by atoms with Crippen molar-refractivity contribution >= 4 is 38.3 Å². The largest absolute Gasteiger partial charge is 0.496 e. The van der Waals surface area contributed by atoms with Crippen LogP contribution in [-0.2, 0) is 0 Å². The Balaban J connectivity index is 1.95. The molecule has 27 heavy (non-hydrogen) atoms. The van der Waals surface area contributed by atoms with Crippen molar-refractivity contribution in [3.63, 3.8) is 0 Å². The lowest BCUT2D eigenvalue weighted by atomic mass is 10.1. The molecule has 0 saturated carbocycles. The Hall–Kier alpha value is -2.32. The molecule has 0 aliphatic heterocycles. The van der Waals surface area contributed by atoms with Crippen LogP contribution in [-0.4, -0.2) is 18.0 Å². The van der Waals surface area contributed by atoms with E-state index in [1.54, 1.807) is 14.0 Å². The van der Waals surface area contributed by atoms with Gasteiger partial charge in [0.25, 0.3) is 5.91 Å². The maximum Gasteiger partial charge on any atom is 0.263 e. The van der Waals surface area contributed by atoms with Gasteiger partial charge in [-0.2, -0.15) is 0 Å². The molecule has 1 heterocycles. The summed E-state index contributed by atoms with van der Waals surface area (Å²) in [5.41, 5.74) is 1.87.